The first-order chi connectivity index (χ1) is 11.7. The zero-order valence-electron chi connectivity index (χ0n) is 15.9. The minimum Gasteiger partial charge on any atom is -0.357 e. The molecule has 2 fully saturated rings. The van der Waals surface area contributed by atoms with Crippen LogP contribution < -0.4 is 16.0 Å². The zero-order valence-corrected chi connectivity index (χ0v) is 18.2. The van der Waals surface area contributed by atoms with Crippen molar-refractivity contribution in [2.75, 3.05) is 32.7 Å². The summed E-state index contributed by atoms with van der Waals surface area (Å²) in [5.41, 5.74) is 0. The highest BCUT2D eigenvalue weighted by Gasteiger charge is 2.22. The van der Waals surface area contributed by atoms with Gasteiger partial charge in [0, 0.05) is 25.2 Å². The molecular weight excluding hydrogens is 429 g/mol. The van der Waals surface area contributed by atoms with Crippen molar-refractivity contribution in [3.8, 4) is 0 Å². The highest BCUT2D eigenvalue weighted by Crippen LogP contribution is 2.17. The molecule has 3 N–H and O–H groups in total. The van der Waals surface area contributed by atoms with E-state index in [9.17, 15) is 4.79 Å². The summed E-state index contributed by atoms with van der Waals surface area (Å²) >= 11 is 0. The molecule has 2 rings (SSSR count). The molecule has 25 heavy (non-hydrogen) atoms. The van der Waals surface area contributed by atoms with Gasteiger partial charge in [0.1, 0.15) is 6.54 Å². The smallest absolute Gasteiger partial charge is 0.242 e. The Morgan fingerprint density at radius 2 is 1.84 bits per heavy atom. The van der Waals surface area contributed by atoms with Crippen molar-refractivity contribution in [3.63, 3.8) is 0 Å². The second-order valence-corrected chi connectivity index (χ2v) is 6.90. The molecule has 0 radical (unpaired) electrons. The van der Waals surface area contributed by atoms with Crippen LogP contribution in [0.1, 0.15) is 58.8 Å². The number of rotatable bonds is 7. The van der Waals surface area contributed by atoms with E-state index in [0.717, 1.165) is 38.4 Å². The van der Waals surface area contributed by atoms with E-state index in [0.29, 0.717) is 12.1 Å². The maximum atomic E-state index is 12.1. The number of aliphatic imine (C=N–C) groups is 1. The van der Waals surface area contributed by atoms with Gasteiger partial charge in [0.25, 0.3) is 0 Å². The SMILES string of the molecule is CCNC(=NCC(=O)NC1CCCCC1)NCC1CCCN1CC.I. The lowest BCUT2D eigenvalue weighted by molar-refractivity contribution is -0.120. The van der Waals surface area contributed by atoms with Crippen molar-refractivity contribution in [1.82, 2.24) is 20.9 Å². The Hall–Kier alpha value is -0.570. The van der Waals surface area contributed by atoms with Gasteiger partial charge in [-0.2, -0.15) is 0 Å². The molecule has 1 heterocycles. The average Bonchev–Trinajstić information content (AvgIpc) is 3.06. The molecule has 7 heteroatoms. The van der Waals surface area contributed by atoms with Gasteiger partial charge < -0.3 is 16.0 Å². The van der Waals surface area contributed by atoms with E-state index in [1.165, 1.54) is 38.6 Å². The summed E-state index contributed by atoms with van der Waals surface area (Å²) in [7, 11) is 0. The maximum absolute atomic E-state index is 12.1. The van der Waals surface area contributed by atoms with Gasteiger partial charge in [-0.3, -0.25) is 9.69 Å². The molecule has 1 amide bonds. The topological polar surface area (TPSA) is 68.8 Å². The lowest BCUT2D eigenvalue weighted by Crippen LogP contribution is -2.45. The third kappa shape index (κ3) is 8.11. The van der Waals surface area contributed by atoms with Gasteiger partial charge >= 0.3 is 0 Å². The Morgan fingerprint density at radius 3 is 2.52 bits per heavy atom. The second-order valence-electron chi connectivity index (χ2n) is 6.90. The van der Waals surface area contributed by atoms with Gasteiger partial charge in [0.05, 0.1) is 0 Å². The minimum atomic E-state index is 0. The number of halogens is 1. The van der Waals surface area contributed by atoms with Crippen LogP contribution >= 0.6 is 24.0 Å². The number of nitrogens with zero attached hydrogens (tertiary/aromatic N) is 2. The summed E-state index contributed by atoms with van der Waals surface area (Å²) in [5, 5.41) is 9.76. The fraction of sp³-hybridized carbons (Fsp3) is 0.889. The molecular formula is C18H36IN5O. The van der Waals surface area contributed by atoms with Crippen LogP contribution in [0.15, 0.2) is 4.99 Å². The number of hydrogen-bond donors (Lipinski definition) is 3. The molecule has 1 atom stereocenters. The van der Waals surface area contributed by atoms with Crippen LogP contribution in [-0.2, 0) is 4.79 Å². The van der Waals surface area contributed by atoms with E-state index < -0.39 is 0 Å². The molecule has 6 nitrogen and oxygen atoms in total. The number of amides is 1. The van der Waals surface area contributed by atoms with Gasteiger partial charge in [-0.15, -0.1) is 24.0 Å². The van der Waals surface area contributed by atoms with Gasteiger partial charge in [-0.05, 0) is 45.7 Å². The normalized spacial score (nSPS) is 22.3. The summed E-state index contributed by atoms with van der Waals surface area (Å²) < 4.78 is 0. The quantitative estimate of drug-likeness (QED) is 0.306. The van der Waals surface area contributed by atoms with Crippen molar-refractivity contribution < 1.29 is 4.79 Å². The molecule has 0 aromatic heterocycles. The van der Waals surface area contributed by atoms with Crippen molar-refractivity contribution >= 4 is 35.8 Å². The Kier molecular flexibility index (Phi) is 11.4. The molecule has 0 spiro atoms. The van der Waals surface area contributed by atoms with E-state index in [2.05, 4.69) is 32.8 Å². The number of hydrogen-bond acceptors (Lipinski definition) is 3. The molecule has 2 aliphatic rings. The summed E-state index contributed by atoms with van der Waals surface area (Å²) in [5.74, 6) is 0.786. The fourth-order valence-corrected chi connectivity index (χ4v) is 3.77. The van der Waals surface area contributed by atoms with Crippen LogP contribution in [0, 0.1) is 0 Å². The monoisotopic (exact) mass is 465 g/mol. The third-order valence-electron chi connectivity index (χ3n) is 5.11. The number of carbonyl (C=O) groups excluding carboxylic acids is 1. The van der Waals surface area contributed by atoms with Crippen LogP contribution in [0.4, 0.5) is 0 Å². The molecule has 1 saturated carbocycles. The van der Waals surface area contributed by atoms with E-state index in [1.807, 2.05) is 6.92 Å². The Balaban J connectivity index is 0.00000312. The summed E-state index contributed by atoms with van der Waals surface area (Å²) in [6.07, 6.45) is 8.50. The molecule has 0 aromatic carbocycles. The van der Waals surface area contributed by atoms with Crippen LogP contribution in [0.25, 0.3) is 0 Å². The Morgan fingerprint density at radius 1 is 1.08 bits per heavy atom. The van der Waals surface area contributed by atoms with Gasteiger partial charge in [0.2, 0.25) is 5.91 Å². The van der Waals surface area contributed by atoms with Crippen molar-refractivity contribution in [1.29, 1.82) is 0 Å². The third-order valence-corrected chi connectivity index (χ3v) is 5.11. The van der Waals surface area contributed by atoms with Crippen molar-refractivity contribution in [3.05, 3.63) is 0 Å². The molecule has 1 aliphatic heterocycles. The summed E-state index contributed by atoms with van der Waals surface area (Å²) in [6, 6.07) is 0.934. The molecule has 0 aromatic rings. The first-order valence-corrected chi connectivity index (χ1v) is 9.78. The number of likely N-dealkylation sites (N-methyl/N-ethyl adjacent to an activating group) is 1. The first-order valence-electron chi connectivity index (χ1n) is 9.78. The largest absolute Gasteiger partial charge is 0.357 e. The number of guanidine groups is 1. The zero-order chi connectivity index (χ0) is 17.2. The van der Waals surface area contributed by atoms with Crippen molar-refractivity contribution in [2.24, 2.45) is 4.99 Å². The number of carbonyl (C=O) groups is 1. The second kappa shape index (κ2) is 12.7. The highest BCUT2D eigenvalue weighted by atomic mass is 127. The molecule has 0 bridgehead atoms. The van der Waals surface area contributed by atoms with Crippen molar-refractivity contribution in [2.45, 2.75) is 70.9 Å². The Bertz CT molecular complexity index is 412. The standard InChI is InChI=1S/C18H35N5O.HI/c1-3-19-18(20-13-16-11-8-12-23(16)4-2)21-14-17(24)22-15-9-6-5-7-10-15;/h15-16H,3-14H2,1-2H3,(H,22,24)(H2,19,20,21);1H. The number of likely N-dealkylation sites (tertiary alicyclic amines) is 1. The van der Waals surface area contributed by atoms with Crippen LogP contribution in [0.2, 0.25) is 0 Å². The molecule has 1 unspecified atom stereocenters. The summed E-state index contributed by atoms with van der Waals surface area (Å²) in [6.45, 7) is 8.46. The maximum Gasteiger partial charge on any atom is 0.242 e. The van der Waals surface area contributed by atoms with Crippen LogP contribution in [0.5, 0.6) is 0 Å². The average molecular weight is 465 g/mol. The van der Waals surface area contributed by atoms with Gasteiger partial charge in [-0.25, -0.2) is 4.99 Å². The predicted octanol–water partition coefficient (Wildman–Crippen LogP) is 2.09. The number of nitrogens with one attached hydrogen (secondary N) is 3. The van der Waals surface area contributed by atoms with Crippen LogP contribution in [0.3, 0.4) is 0 Å². The van der Waals surface area contributed by atoms with Gasteiger partial charge in [0.15, 0.2) is 5.96 Å². The molecule has 1 aliphatic carbocycles. The fourth-order valence-electron chi connectivity index (χ4n) is 3.77. The van der Waals surface area contributed by atoms with Gasteiger partial charge in [-0.1, -0.05) is 26.2 Å². The lowest BCUT2D eigenvalue weighted by Gasteiger charge is -2.24. The van der Waals surface area contributed by atoms with E-state index in [1.54, 1.807) is 0 Å². The molecule has 146 valence electrons. The van der Waals surface area contributed by atoms with Crippen LogP contribution in [-0.4, -0.2) is 61.6 Å². The van der Waals surface area contributed by atoms with E-state index in [4.69, 9.17) is 0 Å². The summed E-state index contributed by atoms with van der Waals surface area (Å²) in [4.78, 5) is 19.1. The van der Waals surface area contributed by atoms with E-state index in [-0.39, 0.29) is 36.4 Å². The lowest BCUT2D eigenvalue weighted by atomic mass is 9.95. The first kappa shape index (κ1) is 22.5. The predicted molar refractivity (Wildman–Crippen MR) is 115 cm³/mol. The molecule has 1 saturated heterocycles. The Labute approximate surface area is 170 Å². The van der Waals surface area contributed by atoms with E-state index >= 15 is 0 Å². The minimum absolute atomic E-state index is 0. The highest BCUT2D eigenvalue weighted by molar-refractivity contribution is 14.0.